The summed E-state index contributed by atoms with van der Waals surface area (Å²) in [6.07, 6.45) is 2.89. The fourth-order valence-electron chi connectivity index (χ4n) is 2.38. The van der Waals surface area contributed by atoms with Gasteiger partial charge in [-0.25, -0.2) is 0 Å². The Labute approximate surface area is 119 Å². The molecule has 104 valence electrons. The van der Waals surface area contributed by atoms with Crippen molar-refractivity contribution in [1.29, 1.82) is 0 Å². The van der Waals surface area contributed by atoms with Crippen LogP contribution < -0.4 is 5.32 Å². The molecular formula is C15H21ClN2O. The fraction of sp³-hybridized carbons (Fsp3) is 0.533. The Morgan fingerprint density at radius 2 is 2.11 bits per heavy atom. The Bertz CT molecular complexity index is 419. The number of amides is 1. The molecule has 3 nitrogen and oxygen atoms in total. The van der Waals surface area contributed by atoms with Crippen LogP contribution in [0.5, 0.6) is 0 Å². The molecule has 19 heavy (non-hydrogen) atoms. The molecular weight excluding hydrogens is 260 g/mol. The summed E-state index contributed by atoms with van der Waals surface area (Å²) in [5, 5.41) is 4.06. The summed E-state index contributed by atoms with van der Waals surface area (Å²) in [6.45, 7) is 4.70. The Balaban J connectivity index is 1.80. The third-order valence-corrected chi connectivity index (χ3v) is 3.77. The van der Waals surface area contributed by atoms with E-state index in [1.54, 1.807) is 0 Å². The first-order valence-electron chi connectivity index (χ1n) is 6.97. The number of hydrogen-bond donors (Lipinski definition) is 1. The van der Waals surface area contributed by atoms with Crippen LogP contribution in [0.25, 0.3) is 0 Å². The summed E-state index contributed by atoms with van der Waals surface area (Å²) in [7, 11) is 0. The first-order valence-corrected chi connectivity index (χ1v) is 7.35. The Morgan fingerprint density at radius 3 is 2.79 bits per heavy atom. The predicted octanol–water partition coefficient (Wildman–Crippen LogP) is 2.48. The van der Waals surface area contributed by atoms with Gasteiger partial charge >= 0.3 is 0 Å². The maximum Gasteiger partial charge on any atom is 0.239 e. The number of nitrogens with one attached hydrogen (secondary N) is 1. The zero-order valence-electron chi connectivity index (χ0n) is 11.4. The molecule has 1 aliphatic heterocycles. The van der Waals surface area contributed by atoms with Crippen molar-refractivity contribution in [1.82, 2.24) is 10.2 Å². The third-order valence-electron chi connectivity index (χ3n) is 3.52. The van der Waals surface area contributed by atoms with Gasteiger partial charge in [-0.1, -0.05) is 30.7 Å². The van der Waals surface area contributed by atoms with E-state index < -0.39 is 0 Å². The maximum atomic E-state index is 12.1. The summed E-state index contributed by atoms with van der Waals surface area (Å²) in [6, 6.07) is 7.87. The van der Waals surface area contributed by atoms with E-state index in [0.717, 1.165) is 43.9 Å². The smallest absolute Gasteiger partial charge is 0.239 e. The van der Waals surface area contributed by atoms with Crippen molar-refractivity contribution in [2.45, 2.75) is 32.2 Å². The summed E-state index contributed by atoms with van der Waals surface area (Å²) < 4.78 is 0. The lowest BCUT2D eigenvalue weighted by atomic mass is 10.1. The number of carbonyl (C=O) groups is 1. The fourth-order valence-corrected chi connectivity index (χ4v) is 2.51. The summed E-state index contributed by atoms with van der Waals surface area (Å²) in [5.41, 5.74) is 1.22. The highest BCUT2D eigenvalue weighted by atomic mass is 35.5. The van der Waals surface area contributed by atoms with Crippen LogP contribution in [0, 0.1) is 0 Å². The molecule has 1 N–H and O–H groups in total. The van der Waals surface area contributed by atoms with Gasteiger partial charge < -0.3 is 10.2 Å². The van der Waals surface area contributed by atoms with Crippen molar-refractivity contribution in [2.24, 2.45) is 0 Å². The van der Waals surface area contributed by atoms with E-state index >= 15 is 0 Å². The minimum Gasteiger partial charge on any atom is -0.341 e. The molecule has 1 aromatic rings. The molecule has 1 unspecified atom stereocenters. The van der Waals surface area contributed by atoms with Crippen LogP contribution in [0.15, 0.2) is 24.3 Å². The van der Waals surface area contributed by atoms with Gasteiger partial charge in [0.15, 0.2) is 0 Å². The van der Waals surface area contributed by atoms with Gasteiger partial charge in [-0.05, 0) is 43.5 Å². The first-order chi connectivity index (χ1) is 9.20. The Hall–Kier alpha value is -1.06. The summed E-state index contributed by atoms with van der Waals surface area (Å²) in [5.74, 6) is 0.252. The van der Waals surface area contributed by atoms with Crippen molar-refractivity contribution in [3.8, 4) is 0 Å². The first kappa shape index (κ1) is 14.4. The van der Waals surface area contributed by atoms with Gasteiger partial charge in [0.2, 0.25) is 5.91 Å². The van der Waals surface area contributed by atoms with Gasteiger partial charge in [-0.2, -0.15) is 0 Å². The van der Waals surface area contributed by atoms with Crippen LogP contribution in [0.3, 0.4) is 0 Å². The largest absolute Gasteiger partial charge is 0.341 e. The average Bonchev–Trinajstić information content (AvgIpc) is 2.77. The number of likely N-dealkylation sites (tertiary alicyclic amines) is 1. The molecule has 1 heterocycles. The highest BCUT2D eigenvalue weighted by Gasteiger charge is 2.30. The molecule has 1 aliphatic rings. The molecule has 0 spiro atoms. The minimum atomic E-state index is 0.0326. The standard InChI is InChI=1S/C15H21ClN2O/c1-2-9-17-14-8-11-18(15(14)19)10-7-12-3-5-13(16)6-4-12/h3-6,14,17H,2,7-11H2,1H3. The topological polar surface area (TPSA) is 32.3 Å². The van der Waals surface area contributed by atoms with Crippen LogP contribution in [0.1, 0.15) is 25.3 Å². The minimum absolute atomic E-state index is 0.0326. The number of hydrogen-bond acceptors (Lipinski definition) is 2. The monoisotopic (exact) mass is 280 g/mol. The molecule has 0 saturated carbocycles. The number of nitrogens with zero attached hydrogens (tertiary/aromatic N) is 1. The van der Waals surface area contributed by atoms with E-state index in [4.69, 9.17) is 11.6 Å². The quantitative estimate of drug-likeness (QED) is 0.868. The van der Waals surface area contributed by atoms with E-state index in [0.29, 0.717) is 0 Å². The Kier molecular flexibility index (Phi) is 5.23. The molecule has 0 aliphatic carbocycles. The molecule has 1 atom stereocenters. The van der Waals surface area contributed by atoms with Gasteiger partial charge in [0.05, 0.1) is 6.04 Å². The van der Waals surface area contributed by atoms with Crippen molar-refractivity contribution in [3.63, 3.8) is 0 Å². The number of benzene rings is 1. The SMILES string of the molecule is CCCNC1CCN(CCc2ccc(Cl)cc2)C1=O. The second-order valence-corrected chi connectivity index (χ2v) is 5.43. The van der Waals surface area contributed by atoms with Crippen LogP contribution in [0.2, 0.25) is 5.02 Å². The van der Waals surface area contributed by atoms with Crippen molar-refractivity contribution >= 4 is 17.5 Å². The molecule has 0 aromatic heterocycles. The van der Waals surface area contributed by atoms with Crippen molar-refractivity contribution in [3.05, 3.63) is 34.9 Å². The second kappa shape index (κ2) is 6.92. The summed E-state index contributed by atoms with van der Waals surface area (Å²) in [4.78, 5) is 14.1. The van der Waals surface area contributed by atoms with Gasteiger partial charge in [-0.3, -0.25) is 4.79 Å². The highest BCUT2D eigenvalue weighted by molar-refractivity contribution is 6.30. The van der Waals surface area contributed by atoms with Crippen LogP contribution in [0.4, 0.5) is 0 Å². The molecule has 0 radical (unpaired) electrons. The van der Waals surface area contributed by atoms with E-state index in [-0.39, 0.29) is 11.9 Å². The van der Waals surface area contributed by atoms with Crippen molar-refractivity contribution < 1.29 is 4.79 Å². The van der Waals surface area contributed by atoms with E-state index in [1.807, 2.05) is 29.2 Å². The molecule has 0 bridgehead atoms. The van der Waals surface area contributed by atoms with Gasteiger partial charge in [-0.15, -0.1) is 0 Å². The normalized spacial score (nSPS) is 19.2. The number of halogens is 1. The van der Waals surface area contributed by atoms with Gasteiger partial charge in [0, 0.05) is 18.1 Å². The van der Waals surface area contributed by atoms with E-state index in [2.05, 4.69) is 12.2 Å². The maximum absolute atomic E-state index is 12.1. The van der Waals surface area contributed by atoms with Gasteiger partial charge in [0.25, 0.3) is 0 Å². The van der Waals surface area contributed by atoms with Crippen LogP contribution in [-0.2, 0) is 11.2 Å². The zero-order valence-corrected chi connectivity index (χ0v) is 12.1. The predicted molar refractivity (Wildman–Crippen MR) is 78.4 cm³/mol. The number of carbonyl (C=O) groups excluding carboxylic acids is 1. The third kappa shape index (κ3) is 3.95. The molecule has 1 aromatic carbocycles. The highest BCUT2D eigenvalue weighted by Crippen LogP contribution is 2.14. The number of rotatable bonds is 6. The Morgan fingerprint density at radius 1 is 1.37 bits per heavy atom. The molecule has 2 rings (SSSR count). The average molecular weight is 281 g/mol. The molecule has 1 amide bonds. The lowest BCUT2D eigenvalue weighted by Crippen LogP contribution is -2.39. The van der Waals surface area contributed by atoms with Crippen LogP contribution in [-0.4, -0.2) is 36.5 Å². The molecule has 1 saturated heterocycles. The van der Waals surface area contributed by atoms with Crippen molar-refractivity contribution in [2.75, 3.05) is 19.6 Å². The zero-order chi connectivity index (χ0) is 13.7. The van der Waals surface area contributed by atoms with Gasteiger partial charge in [0.1, 0.15) is 0 Å². The van der Waals surface area contributed by atoms with Crippen LogP contribution >= 0.6 is 11.6 Å². The van der Waals surface area contributed by atoms with E-state index in [1.165, 1.54) is 5.56 Å². The molecule has 1 fully saturated rings. The van der Waals surface area contributed by atoms with E-state index in [9.17, 15) is 4.79 Å². The second-order valence-electron chi connectivity index (χ2n) is 5.00. The lowest BCUT2D eigenvalue weighted by molar-refractivity contribution is -0.129. The summed E-state index contributed by atoms with van der Waals surface area (Å²) >= 11 is 5.86. The molecule has 4 heteroatoms. The lowest BCUT2D eigenvalue weighted by Gasteiger charge is -2.17.